The van der Waals surface area contributed by atoms with Crippen molar-refractivity contribution in [1.82, 2.24) is 0 Å². The molecule has 0 heterocycles. The minimum Gasteiger partial charge on any atom is -0.472 e. The Hall–Kier alpha value is -1.09. The van der Waals surface area contributed by atoms with Crippen LogP contribution in [-0.4, -0.2) is 25.1 Å². The van der Waals surface area contributed by atoms with Crippen molar-refractivity contribution in [2.45, 2.75) is 18.0 Å². The van der Waals surface area contributed by atoms with Gasteiger partial charge < -0.3 is 4.74 Å². The molecule has 0 aliphatic heterocycles. The van der Waals surface area contributed by atoms with Gasteiger partial charge in [0.05, 0.1) is 7.11 Å². The second-order valence-electron chi connectivity index (χ2n) is 2.44. The van der Waals surface area contributed by atoms with Gasteiger partial charge in [-0.3, -0.25) is 0 Å². The summed E-state index contributed by atoms with van der Waals surface area (Å²) >= 11 is 0. The van der Waals surface area contributed by atoms with Crippen molar-refractivity contribution >= 4 is 0 Å². The Morgan fingerprint density at radius 3 is 1.50 bits per heavy atom. The van der Waals surface area contributed by atoms with E-state index in [1.807, 2.05) is 0 Å². The zero-order valence-electron chi connectivity index (χ0n) is 7.31. The second kappa shape index (κ2) is 4.06. The number of hydrogen-bond acceptors (Lipinski definition) is 1. The molecule has 16 heavy (non-hydrogen) atoms. The zero-order valence-corrected chi connectivity index (χ0v) is 7.31. The van der Waals surface area contributed by atoms with Crippen LogP contribution >= 0.6 is 0 Å². The molecule has 10 heteroatoms. The molecule has 0 spiro atoms. The minimum atomic E-state index is -6.75. The molecule has 0 rings (SSSR count). The van der Waals surface area contributed by atoms with E-state index in [0.29, 0.717) is 0 Å². The van der Waals surface area contributed by atoms with Crippen LogP contribution in [0.5, 0.6) is 0 Å². The monoisotopic (exact) mass is 262 g/mol. The Morgan fingerprint density at radius 1 is 0.875 bits per heavy atom. The summed E-state index contributed by atoms with van der Waals surface area (Å²) in [5.41, 5.74) is 0. The maximum atomic E-state index is 12.3. The lowest BCUT2D eigenvalue weighted by molar-refractivity contribution is -0.348. The van der Waals surface area contributed by atoms with Crippen LogP contribution in [-0.2, 0) is 4.74 Å². The molecule has 0 N–H and O–H groups in total. The molecule has 0 aromatic rings. The van der Waals surface area contributed by atoms with Gasteiger partial charge in [0.15, 0.2) is 0 Å². The van der Waals surface area contributed by atoms with Crippen molar-refractivity contribution in [2.75, 3.05) is 7.11 Å². The molecule has 0 amide bonds. The first kappa shape index (κ1) is 14.9. The average molecular weight is 262 g/mol. The molecule has 0 aromatic carbocycles. The zero-order chi connectivity index (χ0) is 13.4. The lowest BCUT2D eigenvalue weighted by atomic mass is 10.1. The third kappa shape index (κ3) is 2.19. The summed E-state index contributed by atoms with van der Waals surface area (Å²) in [7, 11) is 0.275. The highest BCUT2D eigenvalue weighted by Gasteiger charge is 2.75. The van der Waals surface area contributed by atoms with E-state index in [9.17, 15) is 39.5 Å². The van der Waals surface area contributed by atoms with Gasteiger partial charge in [0, 0.05) is 0 Å². The van der Waals surface area contributed by atoms with Crippen LogP contribution in [0.25, 0.3) is 0 Å². The topological polar surface area (TPSA) is 9.23 Å². The molecule has 0 bridgehead atoms. The highest BCUT2D eigenvalue weighted by atomic mass is 19.4. The molecule has 0 saturated heterocycles. The summed E-state index contributed by atoms with van der Waals surface area (Å²) < 4.78 is 111. The lowest BCUT2D eigenvalue weighted by Gasteiger charge is -2.26. The van der Waals surface area contributed by atoms with Crippen LogP contribution in [0.1, 0.15) is 0 Å². The number of halogens is 9. The molecule has 0 aromatic heterocycles. The van der Waals surface area contributed by atoms with Gasteiger partial charge in [-0.2, -0.15) is 39.5 Å². The molecule has 0 saturated carbocycles. The fourth-order valence-electron chi connectivity index (χ4n) is 0.529. The molecule has 0 radical (unpaired) electrons. The molecule has 0 unspecified atom stereocenters. The highest BCUT2D eigenvalue weighted by molar-refractivity contribution is 5.13. The van der Waals surface area contributed by atoms with Crippen LogP contribution in [0.4, 0.5) is 39.5 Å². The summed E-state index contributed by atoms with van der Waals surface area (Å²) in [5, 5.41) is 0. The predicted molar refractivity (Wildman–Crippen MR) is 32.2 cm³/mol. The van der Waals surface area contributed by atoms with E-state index in [1.165, 1.54) is 0 Å². The van der Waals surface area contributed by atoms with Crippen LogP contribution in [0.2, 0.25) is 0 Å². The average Bonchev–Trinajstić information content (AvgIpc) is 2.13. The highest BCUT2D eigenvalue weighted by Crippen LogP contribution is 2.50. The summed E-state index contributed by atoms with van der Waals surface area (Å²) in [5.74, 6) is -16.8. The second-order valence-corrected chi connectivity index (χ2v) is 2.44. The maximum absolute atomic E-state index is 12.3. The number of ether oxygens (including phenoxy) is 1. The number of hydrogen-bond donors (Lipinski definition) is 0. The van der Waals surface area contributed by atoms with Crippen LogP contribution in [0, 0.1) is 0 Å². The molecule has 0 aliphatic carbocycles. The van der Waals surface area contributed by atoms with Crippen LogP contribution in [0.15, 0.2) is 11.8 Å². The van der Waals surface area contributed by atoms with Gasteiger partial charge in [-0.1, -0.05) is 0 Å². The fraction of sp³-hybridized carbons (Fsp3) is 0.667. The van der Waals surface area contributed by atoms with Crippen LogP contribution < -0.4 is 0 Å². The van der Waals surface area contributed by atoms with E-state index in [4.69, 9.17) is 0 Å². The smallest absolute Gasteiger partial charge is 0.460 e. The van der Waals surface area contributed by atoms with Gasteiger partial charge >= 0.3 is 24.0 Å². The van der Waals surface area contributed by atoms with Gasteiger partial charge in [-0.15, -0.1) is 0 Å². The van der Waals surface area contributed by atoms with Gasteiger partial charge in [-0.05, 0) is 0 Å². The third-order valence-electron chi connectivity index (χ3n) is 1.38. The Balaban J connectivity index is 5.54. The van der Waals surface area contributed by atoms with Gasteiger partial charge in [-0.25, -0.2) is 0 Å². The van der Waals surface area contributed by atoms with E-state index in [2.05, 4.69) is 4.74 Å². The fourth-order valence-corrected chi connectivity index (χ4v) is 0.529. The molecular weight excluding hydrogens is 259 g/mol. The van der Waals surface area contributed by atoms with E-state index in [1.54, 1.807) is 0 Å². The first-order valence-corrected chi connectivity index (χ1v) is 3.31. The SMILES string of the molecule is COC(F)=C(F)C(F)(F)C(F)(F)C(F)(F)F. The summed E-state index contributed by atoms with van der Waals surface area (Å²) in [6, 6.07) is -2.85. The predicted octanol–water partition coefficient (Wildman–Crippen LogP) is 3.57. The van der Waals surface area contributed by atoms with Crippen molar-refractivity contribution < 1.29 is 44.3 Å². The van der Waals surface area contributed by atoms with Gasteiger partial charge in [0.25, 0.3) is 0 Å². The van der Waals surface area contributed by atoms with E-state index in [-0.39, 0.29) is 7.11 Å². The summed E-state index contributed by atoms with van der Waals surface area (Å²) in [6.45, 7) is 0. The van der Waals surface area contributed by atoms with Crippen molar-refractivity contribution in [3.63, 3.8) is 0 Å². The quantitative estimate of drug-likeness (QED) is 0.558. The third-order valence-corrected chi connectivity index (χ3v) is 1.38. The molecule has 0 aliphatic rings. The van der Waals surface area contributed by atoms with Gasteiger partial charge in [0.2, 0.25) is 5.83 Å². The van der Waals surface area contributed by atoms with Crippen molar-refractivity contribution in [3.05, 3.63) is 11.8 Å². The maximum Gasteiger partial charge on any atom is 0.460 e. The lowest BCUT2D eigenvalue weighted by Crippen LogP contribution is -2.52. The largest absolute Gasteiger partial charge is 0.472 e. The number of rotatable bonds is 3. The van der Waals surface area contributed by atoms with E-state index < -0.39 is 29.9 Å². The normalized spacial score (nSPS) is 15.9. The number of allylic oxidation sites excluding steroid dienone is 1. The number of alkyl halides is 7. The summed E-state index contributed by atoms with van der Waals surface area (Å²) in [6.07, 6.45) is -6.73. The first-order chi connectivity index (χ1) is 6.89. The first-order valence-electron chi connectivity index (χ1n) is 3.31. The van der Waals surface area contributed by atoms with Crippen molar-refractivity contribution in [2.24, 2.45) is 0 Å². The molecule has 1 nitrogen and oxygen atoms in total. The van der Waals surface area contributed by atoms with Crippen molar-refractivity contribution in [1.29, 1.82) is 0 Å². The standard InChI is InChI=1S/C6H3F9O/c1-16-3(8)2(7)4(9,10)5(11,12)6(13,14)15/h1H3. The molecule has 96 valence electrons. The van der Waals surface area contributed by atoms with E-state index >= 15 is 0 Å². The van der Waals surface area contributed by atoms with E-state index in [0.717, 1.165) is 0 Å². The van der Waals surface area contributed by atoms with Crippen molar-refractivity contribution in [3.8, 4) is 0 Å². The Bertz CT molecular complexity index is 289. The Morgan fingerprint density at radius 2 is 1.25 bits per heavy atom. The molecule has 0 atom stereocenters. The molecular formula is C6H3F9O. The van der Waals surface area contributed by atoms with Gasteiger partial charge in [0.1, 0.15) is 0 Å². The molecule has 0 fully saturated rings. The summed E-state index contributed by atoms with van der Waals surface area (Å²) in [4.78, 5) is 0. The number of methoxy groups -OCH3 is 1. The van der Waals surface area contributed by atoms with Crippen LogP contribution in [0.3, 0.4) is 0 Å². The minimum absolute atomic E-state index is 0.275. The Kier molecular flexibility index (Phi) is 3.78. The Labute approximate surface area is 82.5 Å².